The van der Waals surface area contributed by atoms with Crippen molar-refractivity contribution in [1.82, 2.24) is 4.90 Å². The summed E-state index contributed by atoms with van der Waals surface area (Å²) in [4.78, 5) is 6.88. The minimum absolute atomic E-state index is 0.129. The van der Waals surface area contributed by atoms with E-state index in [4.69, 9.17) is 15.5 Å². The molecule has 22 heavy (non-hydrogen) atoms. The van der Waals surface area contributed by atoms with Crippen LogP contribution in [0.2, 0.25) is 0 Å². The molecule has 1 aromatic rings. The number of ether oxygens (including phenoxy) is 1. The summed E-state index contributed by atoms with van der Waals surface area (Å²) in [6, 6.07) is 9.08. The lowest BCUT2D eigenvalue weighted by molar-refractivity contribution is 0.407. The van der Waals surface area contributed by atoms with Crippen LogP contribution in [-0.2, 0) is 5.41 Å². The minimum Gasteiger partial charge on any atom is -0.497 e. The second kappa shape index (κ2) is 6.19. The normalized spacial score (nSPS) is 20.9. The first kappa shape index (κ1) is 15.2. The molecule has 0 amide bonds. The highest BCUT2D eigenvalue weighted by Gasteiger charge is 2.36. The van der Waals surface area contributed by atoms with E-state index < -0.39 is 0 Å². The van der Waals surface area contributed by atoms with Crippen molar-refractivity contribution in [2.75, 3.05) is 20.7 Å². The molecule has 2 aliphatic carbocycles. The summed E-state index contributed by atoms with van der Waals surface area (Å²) in [7, 11) is 3.78. The lowest BCUT2D eigenvalue weighted by atomic mass is 9.79. The quantitative estimate of drug-likeness (QED) is 0.672. The summed E-state index contributed by atoms with van der Waals surface area (Å²) >= 11 is 0. The molecule has 2 saturated carbocycles. The molecule has 2 fully saturated rings. The molecule has 0 heterocycles. The van der Waals surface area contributed by atoms with Crippen LogP contribution in [-0.4, -0.2) is 37.6 Å². The fourth-order valence-corrected chi connectivity index (χ4v) is 3.54. The van der Waals surface area contributed by atoms with E-state index in [1.165, 1.54) is 44.1 Å². The van der Waals surface area contributed by atoms with E-state index in [1.54, 1.807) is 7.11 Å². The van der Waals surface area contributed by atoms with Crippen molar-refractivity contribution in [1.29, 1.82) is 0 Å². The molecule has 120 valence electrons. The largest absolute Gasteiger partial charge is 0.497 e. The van der Waals surface area contributed by atoms with Gasteiger partial charge in [-0.2, -0.15) is 0 Å². The summed E-state index contributed by atoms with van der Waals surface area (Å²) in [5.41, 5.74) is 7.65. The fourth-order valence-electron chi connectivity index (χ4n) is 3.54. The lowest BCUT2D eigenvalue weighted by Gasteiger charge is -2.29. The van der Waals surface area contributed by atoms with E-state index in [0.29, 0.717) is 12.0 Å². The van der Waals surface area contributed by atoms with Gasteiger partial charge in [0, 0.05) is 18.5 Å². The van der Waals surface area contributed by atoms with Crippen molar-refractivity contribution in [3.8, 4) is 5.75 Å². The predicted molar refractivity (Wildman–Crippen MR) is 90.4 cm³/mol. The Kier molecular flexibility index (Phi) is 4.27. The van der Waals surface area contributed by atoms with Gasteiger partial charge in [0.15, 0.2) is 5.96 Å². The highest BCUT2D eigenvalue weighted by atomic mass is 16.5. The van der Waals surface area contributed by atoms with Gasteiger partial charge < -0.3 is 15.4 Å². The van der Waals surface area contributed by atoms with Crippen molar-refractivity contribution < 1.29 is 4.74 Å². The Morgan fingerprint density at radius 1 is 1.36 bits per heavy atom. The molecule has 0 aromatic heterocycles. The van der Waals surface area contributed by atoms with Crippen molar-refractivity contribution >= 4 is 5.96 Å². The Bertz CT molecular complexity index is 545. The summed E-state index contributed by atoms with van der Waals surface area (Å²) < 4.78 is 5.39. The number of guanidine groups is 1. The van der Waals surface area contributed by atoms with Crippen LogP contribution in [0.25, 0.3) is 0 Å². The molecular formula is C18H27N3O. The van der Waals surface area contributed by atoms with Crippen LogP contribution < -0.4 is 10.5 Å². The van der Waals surface area contributed by atoms with Crippen LogP contribution in [0, 0.1) is 0 Å². The van der Waals surface area contributed by atoms with Crippen LogP contribution in [0.4, 0.5) is 0 Å². The monoisotopic (exact) mass is 301 g/mol. The van der Waals surface area contributed by atoms with Crippen molar-refractivity contribution in [3.63, 3.8) is 0 Å². The molecule has 0 saturated heterocycles. The first-order valence-electron chi connectivity index (χ1n) is 8.32. The molecule has 0 spiro atoms. The van der Waals surface area contributed by atoms with Gasteiger partial charge in [0.25, 0.3) is 0 Å². The van der Waals surface area contributed by atoms with Crippen LogP contribution in [0.1, 0.15) is 44.1 Å². The SMILES string of the molecule is COc1cccc(C2(CN=C(N)N(C)C3CC3)CCCC2)c1. The number of benzene rings is 1. The minimum atomic E-state index is 0.129. The second-order valence-electron chi connectivity index (χ2n) is 6.74. The van der Waals surface area contributed by atoms with Gasteiger partial charge in [-0.05, 0) is 43.4 Å². The van der Waals surface area contributed by atoms with E-state index in [9.17, 15) is 0 Å². The smallest absolute Gasteiger partial charge is 0.191 e. The van der Waals surface area contributed by atoms with Gasteiger partial charge in [-0.1, -0.05) is 25.0 Å². The Balaban J connectivity index is 1.80. The van der Waals surface area contributed by atoms with E-state index in [0.717, 1.165) is 12.3 Å². The van der Waals surface area contributed by atoms with Crippen molar-refractivity contribution in [3.05, 3.63) is 29.8 Å². The Labute approximate surface area is 133 Å². The molecule has 2 N–H and O–H groups in total. The van der Waals surface area contributed by atoms with Crippen LogP contribution in [0.3, 0.4) is 0 Å². The second-order valence-corrected chi connectivity index (χ2v) is 6.74. The van der Waals surface area contributed by atoms with Crippen LogP contribution in [0.5, 0.6) is 5.75 Å². The topological polar surface area (TPSA) is 50.9 Å². The van der Waals surface area contributed by atoms with Gasteiger partial charge >= 0.3 is 0 Å². The summed E-state index contributed by atoms with van der Waals surface area (Å²) in [5, 5.41) is 0. The Morgan fingerprint density at radius 3 is 2.73 bits per heavy atom. The standard InChI is InChI=1S/C18H27N3O/c1-21(15-8-9-15)17(19)20-13-18(10-3-4-11-18)14-6-5-7-16(12-14)22-2/h5-7,12,15H,3-4,8-11,13H2,1-2H3,(H2,19,20). The molecule has 0 aliphatic heterocycles. The van der Waals surface area contributed by atoms with Crippen molar-refractivity contribution in [2.45, 2.75) is 50.0 Å². The van der Waals surface area contributed by atoms with Crippen LogP contribution in [0.15, 0.2) is 29.3 Å². The fraction of sp³-hybridized carbons (Fsp3) is 0.611. The van der Waals surface area contributed by atoms with Gasteiger partial charge in [-0.25, -0.2) is 0 Å². The zero-order valence-corrected chi connectivity index (χ0v) is 13.7. The van der Waals surface area contributed by atoms with Gasteiger partial charge in [0.2, 0.25) is 0 Å². The number of methoxy groups -OCH3 is 1. The number of nitrogens with two attached hydrogens (primary N) is 1. The molecule has 0 radical (unpaired) electrons. The number of hydrogen-bond donors (Lipinski definition) is 1. The maximum Gasteiger partial charge on any atom is 0.191 e. The molecule has 2 aliphatic rings. The number of hydrogen-bond acceptors (Lipinski definition) is 2. The molecule has 4 nitrogen and oxygen atoms in total. The molecule has 0 bridgehead atoms. The first-order valence-corrected chi connectivity index (χ1v) is 8.32. The summed E-state index contributed by atoms with van der Waals surface area (Å²) in [6.07, 6.45) is 7.39. The number of aliphatic imine (C=N–C) groups is 1. The van der Waals surface area contributed by atoms with Gasteiger partial charge in [-0.3, -0.25) is 4.99 Å². The molecule has 0 atom stereocenters. The maximum atomic E-state index is 6.18. The molecule has 1 aromatic carbocycles. The third-order valence-electron chi connectivity index (χ3n) is 5.24. The van der Waals surface area contributed by atoms with Gasteiger partial charge in [0.05, 0.1) is 13.7 Å². The average Bonchev–Trinajstić information content (AvgIpc) is 3.30. The highest BCUT2D eigenvalue weighted by Crippen LogP contribution is 2.42. The lowest BCUT2D eigenvalue weighted by Crippen LogP contribution is -2.37. The third-order valence-corrected chi connectivity index (χ3v) is 5.24. The Morgan fingerprint density at radius 2 is 2.09 bits per heavy atom. The zero-order chi connectivity index (χ0) is 15.6. The Hall–Kier alpha value is -1.71. The van der Waals surface area contributed by atoms with E-state index in [2.05, 4.69) is 30.1 Å². The van der Waals surface area contributed by atoms with E-state index in [-0.39, 0.29) is 5.41 Å². The molecule has 3 rings (SSSR count). The average molecular weight is 301 g/mol. The molecule has 0 unspecified atom stereocenters. The molecular weight excluding hydrogens is 274 g/mol. The summed E-state index contributed by atoms with van der Waals surface area (Å²) in [5.74, 6) is 1.62. The maximum absolute atomic E-state index is 6.18. The van der Waals surface area contributed by atoms with E-state index in [1.807, 2.05) is 6.07 Å². The number of rotatable bonds is 5. The predicted octanol–water partition coefficient (Wildman–Crippen LogP) is 2.92. The highest BCUT2D eigenvalue weighted by molar-refractivity contribution is 5.78. The van der Waals surface area contributed by atoms with Crippen LogP contribution >= 0.6 is 0 Å². The summed E-state index contributed by atoms with van der Waals surface area (Å²) in [6.45, 7) is 0.781. The number of nitrogens with zero attached hydrogens (tertiary/aromatic N) is 2. The molecule has 4 heteroatoms. The van der Waals surface area contributed by atoms with E-state index >= 15 is 0 Å². The van der Waals surface area contributed by atoms with Gasteiger partial charge in [0.1, 0.15) is 5.75 Å². The third kappa shape index (κ3) is 3.06. The van der Waals surface area contributed by atoms with Gasteiger partial charge in [-0.15, -0.1) is 0 Å². The zero-order valence-electron chi connectivity index (χ0n) is 13.7. The van der Waals surface area contributed by atoms with Crippen molar-refractivity contribution in [2.24, 2.45) is 10.7 Å². The first-order chi connectivity index (χ1) is 10.6.